The van der Waals surface area contributed by atoms with Gasteiger partial charge in [0.15, 0.2) is 11.5 Å². The molecule has 1 heterocycles. The molecule has 2 aromatic carbocycles. The smallest absolute Gasteiger partial charge is 0.274 e. The van der Waals surface area contributed by atoms with E-state index in [0.29, 0.717) is 28.8 Å². The van der Waals surface area contributed by atoms with Crippen molar-refractivity contribution in [2.75, 3.05) is 24.9 Å². The first-order valence-corrected chi connectivity index (χ1v) is 9.28. The molecule has 0 fully saturated rings. The number of ether oxygens (including phenoxy) is 2. The SMILES string of the molecule is CCc1ccccc1Nc1nc(C)cc(C(=O)Nc2ccc(OC)c(OC)c2)n1. The maximum absolute atomic E-state index is 12.7. The molecule has 0 spiro atoms. The van der Waals surface area contributed by atoms with Crippen LogP contribution in [0.1, 0.15) is 28.7 Å². The Morgan fingerprint density at radius 3 is 2.48 bits per heavy atom. The number of aryl methyl sites for hydroxylation is 2. The molecule has 7 heteroatoms. The first kappa shape index (κ1) is 20.1. The van der Waals surface area contributed by atoms with Crippen LogP contribution in [0.3, 0.4) is 0 Å². The summed E-state index contributed by atoms with van der Waals surface area (Å²) < 4.78 is 10.5. The summed E-state index contributed by atoms with van der Waals surface area (Å²) in [7, 11) is 3.11. The van der Waals surface area contributed by atoms with Crippen molar-refractivity contribution in [2.45, 2.75) is 20.3 Å². The van der Waals surface area contributed by atoms with Gasteiger partial charge in [-0.15, -0.1) is 0 Å². The van der Waals surface area contributed by atoms with Gasteiger partial charge in [0, 0.05) is 23.1 Å². The Bertz CT molecular complexity index is 1020. The van der Waals surface area contributed by atoms with Gasteiger partial charge in [0.1, 0.15) is 5.69 Å². The van der Waals surface area contributed by atoms with E-state index in [9.17, 15) is 4.79 Å². The van der Waals surface area contributed by atoms with Crippen LogP contribution in [0.25, 0.3) is 0 Å². The molecule has 0 saturated carbocycles. The summed E-state index contributed by atoms with van der Waals surface area (Å²) in [5.74, 6) is 1.16. The number of rotatable bonds is 7. The molecule has 150 valence electrons. The Balaban J connectivity index is 1.83. The summed E-state index contributed by atoms with van der Waals surface area (Å²) in [5.41, 5.74) is 3.60. The number of hydrogen-bond acceptors (Lipinski definition) is 6. The Labute approximate surface area is 170 Å². The first-order valence-electron chi connectivity index (χ1n) is 9.28. The number of anilines is 3. The second-order valence-corrected chi connectivity index (χ2v) is 6.38. The maximum atomic E-state index is 12.7. The number of benzene rings is 2. The van der Waals surface area contributed by atoms with E-state index in [4.69, 9.17) is 9.47 Å². The summed E-state index contributed by atoms with van der Waals surface area (Å²) >= 11 is 0. The standard InChI is InChI=1S/C22H24N4O3/c1-5-15-8-6-7-9-17(15)25-22-23-14(2)12-18(26-22)21(27)24-16-10-11-19(28-3)20(13-16)29-4/h6-13H,5H2,1-4H3,(H,24,27)(H,23,25,26). The van der Waals surface area contributed by atoms with Crippen molar-refractivity contribution in [3.05, 3.63) is 65.5 Å². The van der Waals surface area contributed by atoms with Crippen molar-refractivity contribution in [1.29, 1.82) is 0 Å². The van der Waals surface area contributed by atoms with Gasteiger partial charge in [-0.3, -0.25) is 4.79 Å². The minimum atomic E-state index is -0.338. The number of aromatic nitrogens is 2. The predicted octanol–water partition coefficient (Wildman–Crippen LogP) is 4.36. The molecule has 0 saturated heterocycles. The molecular weight excluding hydrogens is 368 g/mol. The second-order valence-electron chi connectivity index (χ2n) is 6.38. The zero-order valence-corrected chi connectivity index (χ0v) is 16.9. The van der Waals surface area contributed by atoms with Crippen LogP contribution in [0.5, 0.6) is 11.5 Å². The van der Waals surface area contributed by atoms with Crippen LogP contribution in [0, 0.1) is 6.92 Å². The van der Waals surface area contributed by atoms with Crippen molar-refractivity contribution >= 4 is 23.2 Å². The molecule has 0 aliphatic heterocycles. The average molecular weight is 392 g/mol. The lowest BCUT2D eigenvalue weighted by Crippen LogP contribution is -2.15. The lowest BCUT2D eigenvalue weighted by atomic mass is 10.1. The topological polar surface area (TPSA) is 85.4 Å². The van der Waals surface area contributed by atoms with Crippen LogP contribution in [0.4, 0.5) is 17.3 Å². The van der Waals surface area contributed by atoms with E-state index >= 15 is 0 Å². The van der Waals surface area contributed by atoms with E-state index in [1.807, 2.05) is 31.2 Å². The maximum Gasteiger partial charge on any atom is 0.274 e. The van der Waals surface area contributed by atoms with Gasteiger partial charge in [-0.05, 0) is 43.2 Å². The molecule has 0 aliphatic rings. The van der Waals surface area contributed by atoms with Crippen LogP contribution < -0.4 is 20.1 Å². The Hall–Kier alpha value is -3.61. The summed E-state index contributed by atoms with van der Waals surface area (Å²) in [6, 6.07) is 14.8. The number of carbonyl (C=O) groups is 1. The lowest BCUT2D eigenvalue weighted by Gasteiger charge is -2.12. The van der Waals surface area contributed by atoms with E-state index in [1.54, 1.807) is 38.5 Å². The second kappa shape index (κ2) is 9.05. The quantitative estimate of drug-likeness (QED) is 0.621. The van der Waals surface area contributed by atoms with Crippen molar-refractivity contribution in [3.63, 3.8) is 0 Å². The molecular formula is C22H24N4O3. The molecule has 0 bridgehead atoms. The van der Waals surface area contributed by atoms with E-state index in [1.165, 1.54) is 0 Å². The molecule has 7 nitrogen and oxygen atoms in total. The first-order chi connectivity index (χ1) is 14.0. The molecule has 3 rings (SSSR count). The number of hydrogen-bond donors (Lipinski definition) is 2. The van der Waals surface area contributed by atoms with Crippen LogP contribution in [0.2, 0.25) is 0 Å². The van der Waals surface area contributed by atoms with Gasteiger partial charge in [-0.2, -0.15) is 0 Å². The highest BCUT2D eigenvalue weighted by molar-refractivity contribution is 6.03. The highest BCUT2D eigenvalue weighted by Gasteiger charge is 2.13. The summed E-state index contributed by atoms with van der Waals surface area (Å²) in [4.78, 5) is 21.5. The average Bonchev–Trinajstić information content (AvgIpc) is 2.73. The lowest BCUT2D eigenvalue weighted by molar-refractivity contribution is 0.102. The van der Waals surface area contributed by atoms with E-state index in [0.717, 1.165) is 17.7 Å². The zero-order chi connectivity index (χ0) is 20.8. The largest absolute Gasteiger partial charge is 0.493 e. The summed E-state index contributed by atoms with van der Waals surface area (Å²) in [6.07, 6.45) is 0.877. The number of para-hydroxylation sites is 1. The van der Waals surface area contributed by atoms with Gasteiger partial charge < -0.3 is 20.1 Å². The van der Waals surface area contributed by atoms with Crippen LogP contribution in [-0.2, 0) is 6.42 Å². The number of nitrogens with one attached hydrogen (secondary N) is 2. The molecule has 0 unspecified atom stereocenters. The molecule has 0 radical (unpaired) electrons. The fourth-order valence-electron chi connectivity index (χ4n) is 2.92. The Kier molecular flexibility index (Phi) is 6.29. The van der Waals surface area contributed by atoms with Crippen LogP contribution in [0.15, 0.2) is 48.5 Å². The predicted molar refractivity (Wildman–Crippen MR) is 113 cm³/mol. The van der Waals surface area contributed by atoms with E-state index in [-0.39, 0.29) is 11.6 Å². The van der Waals surface area contributed by atoms with Crippen molar-refractivity contribution < 1.29 is 14.3 Å². The van der Waals surface area contributed by atoms with Crippen LogP contribution in [-0.4, -0.2) is 30.1 Å². The number of carbonyl (C=O) groups excluding carboxylic acids is 1. The third-order valence-electron chi connectivity index (χ3n) is 4.37. The minimum Gasteiger partial charge on any atom is -0.493 e. The number of nitrogens with zero attached hydrogens (tertiary/aromatic N) is 2. The zero-order valence-electron chi connectivity index (χ0n) is 16.9. The van der Waals surface area contributed by atoms with Crippen molar-refractivity contribution in [3.8, 4) is 11.5 Å². The normalized spacial score (nSPS) is 10.3. The number of methoxy groups -OCH3 is 2. The molecule has 1 aromatic heterocycles. The molecule has 0 atom stereocenters. The van der Waals surface area contributed by atoms with Crippen molar-refractivity contribution in [1.82, 2.24) is 9.97 Å². The molecule has 0 aliphatic carbocycles. The number of amides is 1. The summed E-state index contributed by atoms with van der Waals surface area (Å²) in [5, 5.41) is 6.05. The fourth-order valence-corrected chi connectivity index (χ4v) is 2.92. The molecule has 3 aromatic rings. The van der Waals surface area contributed by atoms with Gasteiger partial charge in [0.2, 0.25) is 5.95 Å². The fraction of sp³-hybridized carbons (Fsp3) is 0.227. The summed E-state index contributed by atoms with van der Waals surface area (Å²) in [6.45, 7) is 3.91. The van der Waals surface area contributed by atoms with Crippen molar-refractivity contribution in [2.24, 2.45) is 0 Å². The minimum absolute atomic E-state index is 0.267. The van der Waals surface area contributed by atoms with Gasteiger partial charge >= 0.3 is 0 Å². The van der Waals surface area contributed by atoms with Gasteiger partial charge in [-0.25, -0.2) is 9.97 Å². The molecule has 2 N–H and O–H groups in total. The Morgan fingerprint density at radius 2 is 1.76 bits per heavy atom. The van der Waals surface area contributed by atoms with E-state index < -0.39 is 0 Å². The third-order valence-corrected chi connectivity index (χ3v) is 4.37. The van der Waals surface area contributed by atoms with Crippen LogP contribution >= 0.6 is 0 Å². The monoisotopic (exact) mass is 392 g/mol. The van der Waals surface area contributed by atoms with Gasteiger partial charge in [0.25, 0.3) is 5.91 Å². The third kappa shape index (κ3) is 4.82. The molecule has 29 heavy (non-hydrogen) atoms. The highest BCUT2D eigenvalue weighted by atomic mass is 16.5. The Morgan fingerprint density at radius 1 is 1.00 bits per heavy atom. The van der Waals surface area contributed by atoms with Gasteiger partial charge in [-0.1, -0.05) is 25.1 Å². The van der Waals surface area contributed by atoms with E-state index in [2.05, 4.69) is 27.5 Å². The highest BCUT2D eigenvalue weighted by Crippen LogP contribution is 2.30. The molecule has 1 amide bonds. The van der Waals surface area contributed by atoms with Gasteiger partial charge in [0.05, 0.1) is 14.2 Å².